The van der Waals surface area contributed by atoms with E-state index in [0.717, 1.165) is 25.1 Å². The number of carbonyl (C=O) groups is 2. The third kappa shape index (κ3) is 2.47. The zero-order valence-electron chi connectivity index (χ0n) is 10.8. The van der Waals surface area contributed by atoms with Crippen LogP contribution in [-0.4, -0.2) is 31.4 Å². The number of nitrogens with one attached hydrogen (secondary N) is 1. The summed E-state index contributed by atoms with van der Waals surface area (Å²) in [6.45, 7) is 0.776. The van der Waals surface area contributed by atoms with Crippen molar-refractivity contribution in [3.05, 3.63) is 23.8 Å². The SMILES string of the molecule is CNC(=O)C1CCCN1c1ccc(C(N)=O)cc1N. The molecule has 2 rings (SSSR count). The molecule has 6 nitrogen and oxygen atoms in total. The van der Waals surface area contributed by atoms with Gasteiger partial charge in [0.15, 0.2) is 0 Å². The molecular formula is C13H18N4O2. The maximum atomic E-state index is 11.8. The molecule has 0 aliphatic carbocycles. The Balaban J connectivity index is 2.31. The highest BCUT2D eigenvalue weighted by Gasteiger charge is 2.31. The van der Waals surface area contributed by atoms with Gasteiger partial charge in [-0.3, -0.25) is 9.59 Å². The second-order valence-electron chi connectivity index (χ2n) is 4.60. The number of nitrogens with zero attached hydrogens (tertiary/aromatic N) is 1. The first-order valence-electron chi connectivity index (χ1n) is 6.22. The summed E-state index contributed by atoms with van der Waals surface area (Å²) in [7, 11) is 1.62. The zero-order chi connectivity index (χ0) is 14.0. The molecule has 19 heavy (non-hydrogen) atoms. The number of nitrogen functional groups attached to an aromatic ring is 1. The van der Waals surface area contributed by atoms with E-state index in [1.165, 1.54) is 0 Å². The highest BCUT2D eigenvalue weighted by Crippen LogP contribution is 2.31. The lowest BCUT2D eigenvalue weighted by molar-refractivity contribution is -0.121. The number of rotatable bonds is 3. The number of anilines is 2. The Morgan fingerprint density at radius 1 is 1.42 bits per heavy atom. The summed E-state index contributed by atoms with van der Waals surface area (Å²) in [6, 6.07) is 4.73. The summed E-state index contributed by atoms with van der Waals surface area (Å²) in [5.41, 5.74) is 12.8. The number of hydrogen-bond acceptors (Lipinski definition) is 4. The molecular weight excluding hydrogens is 244 g/mol. The van der Waals surface area contributed by atoms with Crippen molar-refractivity contribution in [2.45, 2.75) is 18.9 Å². The van der Waals surface area contributed by atoms with E-state index in [9.17, 15) is 9.59 Å². The summed E-state index contributed by atoms with van der Waals surface area (Å²) in [4.78, 5) is 24.9. The minimum Gasteiger partial charge on any atom is -0.397 e. The molecule has 0 saturated carbocycles. The Hall–Kier alpha value is -2.24. The highest BCUT2D eigenvalue weighted by molar-refractivity contribution is 5.95. The van der Waals surface area contributed by atoms with Crippen LogP contribution in [0.1, 0.15) is 23.2 Å². The van der Waals surface area contributed by atoms with E-state index in [-0.39, 0.29) is 11.9 Å². The third-order valence-electron chi connectivity index (χ3n) is 3.42. The molecule has 1 aromatic carbocycles. The fraction of sp³-hybridized carbons (Fsp3) is 0.385. The Kier molecular flexibility index (Phi) is 3.59. The van der Waals surface area contributed by atoms with Gasteiger partial charge in [0.25, 0.3) is 0 Å². The number of likely N-dealkylation sites (N-methyl/N-ethyl adjacent to an activating group) is 1. The molecule has 0 bridgehead atoms. The van der Waals surface area contributed by atoms with E-state index >= 15 is 0 Å². The molecule has 0 radical (unpaired) electrons. The molecule has 0 spiro atoms. The summed E-state index contributed by atoms with van der Waals surface area (Å²) < 4.78 is 0. The first kappa shape index (κ1) is 13.2. The van der Waals surface area contributed by atoms with Gasteiger partial charge in [-0.15, -0.1) is 0 Å². The van der Waals surface area contributed by atoms with Crippen LogP contribution >= 0.6 is 0 Å². The van der Waals surface area contributed by atoms with Gasteiger partial charge < -0.3 is 21.7 Å². The predicted octanol–water partition coefficient (Wildman–Crippen LogP) is 0.0825. The molecule has 1 fully saturated rings. The minimum atomic E-state index is -0.512. The molecule has 6 heteroatoms. The van der Waals surface area contributed by atoms with E-state index < -0.39 is 5.91 Å². The molecule has 5 N–H and O–H groups in total. The maximum Gasteiger partial charge on any atom is 0.248 e. The van der Waals surface area contributed by atoms with Crippen molar-refractivity contribution in [2.75, 3.05) is 24.2 Å². The van der Waals surface area contributed by atoms with Crippen molar-refractivity contribution < 1.29 is 9.59 Å². The first-order valence-corrected chi connectivity index (χ1v) is 6.22. The second-order valence-corrected chi connectivity index (χ2v) is 4.60. The van der Waals surface area contributed by atoms with E-state index in [1.54, 1.807) is 25.2 Å². The van der Waals surface area contributed by atoms with Crippen molar-refractivity contribution in [2.24, 2.45) is 5.73 Å². The normalized spacial score (nSPS) is 18.4. The Labute approximate surface area is 111 Å². The minimum absolute atomic E-state index is 0.0177. The van der Waals surface area contributed by atoms with Crippen LogP contribution in [0.2, 0.25) is 0 Å². The Morgan fingerprint density at radius 2 is 2.16 bits per heavy atom. The number of carbonyl (C=O) groups excluding carboxylic acids is 2. The van der Waals surface area contributed by atoms with Crippen molar-refractivity contribution in [1.29, 1.82) is 0 Å². The van der Waals surface area contributed by atoms with Gasteiger partial charge in [-0.25, -0.2) is 0 Å². The van der Waals surface area contributed by atoms with Crippen LogP contribution < -0.4 is 21.7 Å². The predicted molar refractivity (Wildman–Crippen MR) is 73.8 cm³/mol. The average Bonchev–Trinajstić information content (AvgIpc) is 2.86. The van der Waals surface area contributed by atoms with Gasteiger partial charge in [-0.05, 0) is 31.0 Å². The number of nitrogens with two attached hydrogens (primary N) is 2. The molecule has 1 aliphatic rings. The van der Waals surface area contributed by atoms with Gasteiger partial charge >= 0.3 is 0 Å². The molecule has 1 unspecified atom stereocenters. The molecule has 102 valence electrons. The van der Waals surface area contributed by atoms with Gasteiger partial charge in [0, 0.05) is 19.2 Å². The summed E-state index contributed by atoms with van der Waals surface area (Å²) >= 11 is 0. The molecule has 1 aliphatic heterocycles. The van der Waals surface area contributed by atoms with E-state index in [4.69, 9.17) is 11.5 Å². The van der Waals surface area contributed by atoms with Crippen molar-refractivity contribution in [3.8, 4) is 0 Å². The van der Waals surface area contributed by atoms with Crippen LogP contribution in [0.25, 0.3) is 0 Å². The van der Waals surface area contributed by atoms with Gasteiger partial charge in [0.05, 0.1) is 11.4 Å². The number of primary amides is 1. The van der Waals surface area contributed by atoms with Crippen LogP contribution in [0.3, 0.4) is 0 Å². The zero-order valence-corrected chi connectivity index (χ0v) is 10.8. The maximum absolute atomic E-state index is 11.8. The smallest absolute Gasteiger partial charge is 0.248 e. The number of amides is 2. The lowest BCUT2D eigenvalue weighted by Crippen LogP contribution is -2.42. The van der Waals surface area contributed by atoms with Gasteiger partial charge in [-0.1, -0.05) is 0 Å². The summed E-state index contributed by atoms with van der Waals surface area (Å²) in [5.74, 6) is -0.529. The van der Waals surface area contributed by atoms with Crippen LogP contribution in [-0.2, 0) is 4.79 Å². The summed E-state index contributed by atoms with van der Waals surface area (Å²) in [6.07, 6.45) is 1.74. The largest absolute Gasteiger partial charge is 0.397 e. The number of benzene rings is 1. The molecule has 1 heterocycles. The second kappa shape index (κ2) is 5.17. The van der Waals surface area contributed by atoms with Crippen LogP contribution in [0, 0.1) is 0 Å². The van der Waals surface area contributed by atoms with Gasteiger partial charge in [-0.2, -0.15) is 0 Å². The molecule has 2 amide bonds. The van der Waals surface area contributed by atoms with Crippen molar-refractivity contribution in [3.63, 3.8) is 0 Å². The van der Waals surface area contributed by atoms with E-state index in [2.05, 4.69) is 5.32 Å². The molecule has 1 aromatic rings. The lowest BCUT2D eigenvalue weighted by atomic mass is 10.1. The van der Waals surface area contributed by atoms with Crippen LogP contribution in [0.5, 0.6) is 0 Å². The van der Waals surface area contributed by atoms with Crippen LogP contribution in [0.4, 0.5) is 11.4 Å². The fourth-order valence-electron chi connectivity index (χ4n) is 2.46. The Morgan fingerprint density at radius 3 is 2.74 bits per heavy atom. The van der Waals surface area contributed by atoms with Crippen LogP contribution in [0.15, 0.2) is 18.2 Å². The Bertz CT molecular complexity index is 515. The fourth-order valence-corrected chi connectivity index (χ4v) is 2.46. The topological polar surface area (TPSA) is 101 Å². The molecule has 1 atom stereocenters. The first-order chi connectivity index (χ1) is 9.04. The molecule has 0 aromatic heterocycles. The quantitative estimate of drug-likeness (QED) is 0.671. The van der Waals surface area contributed by atoms with Crippen molar-refractivity contribution in [1.82, 2.24) is 5.32 Å². The molecule has 1 saturated heterocycles. The van der Waals surface area contributed by atoms with Gasteiger partial charge in [0.1, 0.15) is 6.04 Å². The lowest BCUT2D eigenvalue weighted by Gasteiger charge is -2.26. The average molecular weight is 262 g/mol. The van der Waals surface area contributed by atoms with Crippen molar-refractivity contribution >= 4 is 23.2 Å². The third-order valence-corrected chi connectivity index (χ3v) is 3.42. The standard InChI is InChI=1S/C13H18N4O2/c1-16-13(19)11-3-2-6-17(11)10-5-4-8(12(15)18)7-9(10)14/h4-5,7,11H,2-3,6,14H2,1H3,(H2,15,18)(H,16,19). The highest BCUT2D eigenvalue weighted by atomic mass is 16.2. The summed E-state index contributed by atoms with van der Waals surface area (Å²) in [5, 5.41) is 2.66. The van der Waals surface area contributed by atoms with E-state index in [0.29, 0.717) is 11.3 Å². The number of hydrogen-bond donors (Lipinski definition) is 3. The van der Waals surface area contributed by atoms with Gasteiger partial charge in [0.2, 0.25) is 11.8 Å². The van der Waals surface area contributed by atoms with E-state index in [1.807, 2.05) is 4.90 Å². The monoisotopic (exact) mass is 262 g/mol.